The number of carbonyl (C=O) groups excluding carboxylic acids is 1. The predicted octanol–water partition coefficient (Wildman–Crippen LogP) is 2.52. The molecule has 0 unspecified atom stereocenters. The molecule has 0 saturated carbocycles. The van der Waals surface area contributed by atoms with E-state index in [0.717, 1.165) is 0 Å². The van der Waals surface area contributed by atoms with E-state index in [1.165, 1.54) is 24.0 Å². The first kappa shape index (κ1) is 10.5. The number of carbonyl (C=O) groups is 1. The van der Waals surface area contributed by atoms with Gasteiger partial charge in [0.2, 0.25) is 0 Å². The number of rotatable bonds is 2. The van der Waals surface area contributed by atoms with Crippen LogP contribution in [0.5, 0.6) is 0 Å². The molecule has 4 heteroatoms. The third-order valence-corrected chi connectivity index (χ3v) is 2.41. The molecule has 3 nitrogen and oxygen atoms in total. The third kappa shape index (κ3) is 1.74. The van der Waals surface area contributed by atoms with Gasteiger partial charge in [-0.25, -0.2) is 9.07 Å². The first-order valence-corrected chi connectivity index (χ1v) is 4.90. The number of aryl methyl sites for hydroxylation is 1. The fourth-order valence-electron chi connectivity index (χ4n) is 1.45. The number of halogens is 1. The minimum Gasteiger partial charge on any atom is -0.294 e. The van der Waals surface area contributed by atoms with Gasteiger partial charge in [0.25, 0.3) is 0 Å². The van der Waals surface area contributed by atoms with Crippen LogP contribution in [0.25, 0.3) is 5.69 Å². The Bertz CT molecular complexity index is 546. The van der Waals surface area contributed by atoms with Crippen molar-refractivity contribution in [2.24, 2.45) is 0 Å². The van der Waals surface area contributed by atoms with Crippen LogP contribution in [0.4, 0.5) is 4.39 Å². The highest BCUT2D eigenvalue weighted by atomic mass is 19.1. The molecule has 0 radical (unpaired) electrons. The van der Waals surface area contributed by atoms with Crippen molar-refractivity contribution < 1.29 is 9.18 Å². The summed E-state index contributed by atoms with van der Waals surface area (Å²) >= 11 is 0. The summed E-state index contributed by atoms with van der Waals surface area (Å²) in [6.45, 7) is 3.14. The molecule has 82 valence electrons. The zero-order chi connectivity index (χ0) is 11.7. The summed E-state index contributed by atoms with van der Waals surface area (Å²) in [7, 11) is 0. The van der Waals surface area contributed by atoms with E-state index < -0.39 is 0 Å². The van der Waals surface area contributed by atoms with Crippen LogP contribution in [0.15, 0.2) is 30.6 Å². The molecule has 0 saturated heterocycles. The summed E-state index contributed by atoms with van der Waals surface area (Å²) < 4.78 is 15.1. The highest BCUT2D eigenvalue weighted by Crippen LogP contribution is 2.16. The second kappa shape index (κ2) is 3.89. The van der Waals surface area contributed by atoms with Crippen LogP contribution in [0.3, 0.4) is 0 Å². The standard InChI is InChI=1S/C12H11FN2O/c1-8-4-3-5-11(12(8)13)15-7-10(6-14-15)9(2)16/h3-7H,1-2H3. The van der Waals surface area contributed by atoms with Gasteiger partial charge in [-0.05, 0) is 25.5 Å². The highest BCUT2D eigenvalue weighted by molar-refractivity contribution is 5.93. The van der Waals surface area contributed by atoms with Gasteiger partial charge >= 0.3 is 0 Å². The molecule has 0 N–H and O–H groups in total. The van der Waals surface area contributed by atoms with Gasteiger partial charge in [-0.3, -0.25) is 4.79 Å². The fourth-order valence-corrected chi connectivity index (χ4v) is 1.45. The van der Waals surface area contributed by atoms with Crippen LogP contribution < -0.4 is 0 Å². The SMILES string of the molecule is CC(=O)c1cnn(-c2cccc(C)c2F)c1. The van der Waals surface area contributed by atoms with Gasteiger partial charge in [0, 0.05) is 6.20 Å². The van der Waals surface area contributed by atoms with E-state index >= 15 is 0 Å². The molecule has 0 aliphatic rings. The van der Waals surface area contributed by atoms with Crippen LogP contribution in [0, 0.1) is 12.7 Å². The Labute approximate surface area is 92.5 Å². The normalized spacial score (nSPS) is 10.4. The molecule has 2 aromatic rings. The van der Waals surface area contributed by atoms with Crippen molar-refractivity contribution in [1.29, 1.82) is 0 Å². The van der Waals surface area contributed by atoms with Gasteiger partial charge in [0.15, 0.2) is 11.6 Å². The Hall–Kier alpha value is -1.97. The van der Waals surface area contributed by atoms with Crippen LogP contribution in [0.1, 0.15) is 22.8 Å². The topological polar surface area (TPSA) is 34.9 Å². The van der Waals surface area contributed by atoms with Gasteiger partial charge in [-0.1, -0.05) is 12.1 Å². The van der Waals surface area contributed by atoms with Crippen molar-refractivity contribution in [1.82, 2.24) is 9.78 Å². The maximum absolute atomic E-state index is 13.8. The maximum atomic E-state index is 13.8. The average molecular weight is 218 g/mol. The molecule has 0 fully saturated rings. The lowest BCUT2D eigenvalue weighted by Crippen LogP contribution is -1.99. The van der Waals surface area contributed by atoms with Crippen molar-refractivity contribution in [2.45, 2.75) is 13.8 Å². The Balaban J connectivity index is 2.50. The van der Waals surface area contributed by atoms with Crippen LogP contribution in [-0.2, 0) is 0 Å². The molecule has 1 aromatic carbocycles. The molecule has 0 aliphatic heterocycles. The van der Waals surface area contributed by atoms with Gasteiger partial charge in [-0.15, -0.1) is 0 Å². The van der Waals surface area contributed by atoms with Crippen molar-refractivity contribution in [3.63, 3.8) is 0 Å². The Morgan fingerprint density at radius 1 is 1.44 bits per heavy atom. The lowest BCUT2D eigenvalue weighted by molar-refractivity contribution is 0.101. The van der Waals surface area contributed by atoms with Crippen molar-refractivity contribution in [3.8, 4) is 5.69 Å². The van der Waals surface area contributed by atoms with E-state index in [2.05, 4.69) is 5.10 Å². The molecule has 0 atom stereocenters. The van der Waals surface area contributed by atoms with Crippen molar-refractivity contribution in [3.05, 3.63) is 47.5 Å². The molecule has 0 spiro atoms. The number of aromatic nitrogens is 2. The summed E-state index contributed by atoms with van der Waals surface area (Å²) in [5.74, 6) is -0.403. The minimum atomic E-state index is -0.319. The van der Waals surface area contributed by atoms with E-state index in [0.29, 0.717) is 16.8 Å². The van der Waals surface area contributed by atoms with Gasteiger partial charge in [-0.2, -0.15) is 5.10 Å². The molecular weight excluding hydrogens is 207 g/mol. The van der Waals surface area contributed by atoms with E-state index in [-0.39, 0.29) is 11.6 Å². The monoisotopic (exact) mass is 218 g/mol. The molecular formula is C12H11FN2O. The second-order valence-corrected chi connectivity index (χ2v) is 3.64. The van der Waals surface area contributed by atoms with Crippen LogP contribution in [0.2, 0.25) is 0 Å². The maximum Gasteiger partial charge on any atom is 0.162 e. The fraction of sp³-hybridized carbons (Fsp3) is 0.167. The summed E-state index contributed by atoms with van der Waals surface area (Å²) in [4.78, 5) is 11.1. The molecule has 0 bridgehead atoms. The number of hydrogen-bond acceptors (Lipinski definition) is 2. The van der Waals surface area contributed by atoms with Crippen LogP contribution >= 0.6 is 0 Å². The van der Waals surface area contributed by atoms with Crippen molar-refractivity contribution >= 4 is 5.78 Å². The Morgan fingerprint density at radius 3 is 2.81 bits per heavy atom. The lowest BCUT2D eigenvalue weighted by Gasteiger charge is -2.04. The first-order chi connectivity index (χ1) is 7.59. The van der Waals surface area contributed by atoms with E-state index in [1.807, 2.05) is 0 Å². The van der Waals surface area contributed by atoms with Gasteiger partial charge < -0.3 is 0 Å². The zero-order valence-corrected chi connectivity index (χ0v) is 9.07. The van der Waals surface area contributed by atoms with Crippen molar-refractivity contribution in [2.75, 3.05) is 0 Å². The largest absolute Gasteiger partial charge is 0.294 e. The molecule has 0 aliphatic carbocycles. The number of hydrogen-bond donors (Lipinski definition) is 0. The molecule has 1 aromatic heterocycles. The van der Waals surface area contributed by atoms with Crippen LogP contribution in [-0.4, -0.2) is 15.6 Å². The average Bonchev–Trinajstić information content (AvgIpc) is 2.71. The lowest BCUT2D eigenvalue weighted by atomic mass is 10.2. The molecule has 0 amide bonds. The zero-order valence-electron chi connectivity index (χ0n) is 9.07. The number of nitrogens with zero attached hydrogens (tertiary/aromatic N) is 2. The minimum absolute atomic E-state index is 0.0840. The van der Waals surface area contributed by atoms with Gasteiger partial charge in [0.05, 0.1) is 11.8 Å². The molecule has 16 heavy (non-hydrogen) atoms. The predicted molar refractivity (Wildman–Crippen MR) is 58.3 cm³/mol. The Kier molecular flexibility index (Phi) is 2.56. The summed E-state index contributed by atoms with van der Waals surface area (Å²) in [6, 6.07) is 5.07. The number of Topliss-reactive ketones (excluding diaryl/α,β-unsaturated/α-hetero) is 1. The first-order valence-electron chi connectivity index (χ1n) is 4.90. The summed E-state index contributed by atoms with van der Waals surface area (Å²) in [6.07, 6.45) is 2.96. The highest BCUT2D eigenvalue weighted by Gasteiger charge is 2.09. The van der Waals surface area contributed by atoms with E-state index in [4.69, 9.17) is 0 Å². The summed E-state index contributed by atoms with van der Waals surface area (Å²) in [5.41, 5.74) is 1.38. The second-order valence-electron chi connectivity index (χ2n) is 3.64. The molecule has 2 rings (SSSR count). The summed E-state index contributed by atoms with van der Waals surface area (Å²) in [5, 5.41) is 3.97. The third-order valence-electron chi connectivity index (χ3n) is 2.41. The van der Waals surface area contributed by atoms with E-state index in [1.54, 1.807) is 25.1 Å². The smallest absolute Gasteiger partial charge is 0.162 e. The Morgan fingerprint density at radius 2 is 2.19 bits per heavy atom. The van der Waals surface area contributed by atoms with E-state index in [9.17, 15) is 9.18 Å². The molecule has 1 heterocycles. The number of benzene rings is 1. The number of ketones is 1. The van der Waals surface area contributed by atoms with Gasteiger partial charge in [0.1, 0.15) is 5.69 Å². The quantitative estimate of drug-likeness (QED) is 0.726.